The van der Waals surface area contributed by atoms with Crippen LogP contribution in [0.25, 0.3) is 0 Å². The number of nitrogens with one attached hydrogen (secondary N) is 1. The first-order valence-corrected chi connectivity index (χ1v) is 9.04. The third kappa shape index (κ3) is 4.96. The lowest BCUT2D eigenvalue weighted by atomic mass is 10.3. The lowest BCUT2D eigenvalue weighted by molar-refractivity contribution is -0.127. The molecule has 0 saturated heterocycles. The summed E-state index contributed by atoms with van der Waals surface area (Å²) in [6.45, 7) is 4.00. The van der Waals surface area contributed by atoms with Gasteiger partial charge in [-0.2, -0.15) is 0 Å². The van der Waals surface area contributed by atoms with E-state index >= 15 is 0 Å². The van der Waals surface area contributed by atoms with Crippen LogP contribution in [0.4, 0.5) is 0 Å². The summed E-state index contributed by atoms with van der Waals surface area (Å²) in [6, 6.07) is 4.38. The topological polar surface area (TPSA) is 72.5 Å². The van der Waals surface area contributed by atoms with E-state index in [1.807, 2.05) is 6.92 Å². The Hall–Kier alpha value is -0.790. The maximum atomic E-state index is 11.7. The van der Waals surface area contributed by atoms with Crippen LogP contribution in [0.5, 0.6) is 5.75 Å². The lowest BCUT2D eigenvalue weighted by Gasteiger charge is -2.16. The van der Waals surface area contributed by atoms with Crippen molar-refractivity contribution >= 4 is 41.6 Å². The van der Waals surface area contributed by atoms with Crippen molar-refractivity contribution in [2.24, 2.45) is 0 Å². The first-order chi connectivity index (χ1) is 9.25. The van der Waals surface area contributed by atoms with Crippen LogP contribution in [0, 0.1) is 0 Å². The van der Waals surface area contributed by atoms with Gasteiger partial charge in [-0.05, 0) is 31.5 Å². The molecule has 5 nitrogen and oxygen atoms in total. The lowest BCUT2D eigenvalue weighted by Crippen LogP contribution is -2.36. The fourth-order valence-electron chi connectivity index (χ4n) is 1.41. The van der Waals surface area contributed by atoms with Gasteiger partial charge in [-0.25, -0.2) is 8.42 Å². The molecule has 0 fully saturated rings. The molecule has 0 aliphatic carbocycles. The number of ether oxygens (including phenoxy) is 1. The number of amides is 1. The molecular weight excluding hydrogens is 370 g/mol. The van der Waals surface area contributed by atoms with Gasteiger partial charge in [0.1, 0.15) is 10.6 Å². The predicted octanol–water partition coefficient (Wildman–Crippen LogP) is 2.67. The normalized spacial score (nSPS) is 12.8. The Balaban J connectivity index is 2.95. The van der Waals surface area contributed by atoms with E-state index < -0.39 is 15.2 Å². The summed E-state index contributed by atoms with van der Waals surface area (Å²) in [4.78, 5) is 11.5. The van der Waals surface area contributed by atoms with Crippen LogP contribution in [0.1, 0.15) is 20.3 Å². The van der Waals surface area contributed by atoms with Crippen molar-refractivity contribution in [1.29, 1.82) is 0 Å². The van der Waals surface area contributed by atoms with E-state index in [0.29, 0.717) is 11.0 Å². The standard InChI is InChI=1S/C12H15BrClNO4S/c1-3-6-15-12(16)8(2)19-10-5-4-9(13)7-11(10)20(14,17)18/h4-5,7-8H,3,6H2,1-2H3,(H,15,16). The fraction of sp³-hybridized carbons (Fsp3) is 0.417. The summed E-state index contributed by atoms with van der Waals surface area (Å²) in [5, 5.41) is 2.67. The maximum absolute atomic E-state index is 11.7. The van der Waals surface area contributed by atoms with Crippen molar-refractivity contribution in [3.8, 4) is 5.75 Å². The smallest absolute Gasteiger partial charge is 0.265 e. The molecule has 1 unspecified atom stereocenters. The number of hydrogen-bond donors (Lipinski definition) is 1. The highest BCUT2D eigenvalue weighted by atomic mass is 79.9. The largest absolute Gasteiger partial charge is 0.479 e. The van der Waals surface area contributed by atoms with Crippen molar-refractivity contribution in [1.82, 2.24) is 5.32 Å². The minimum Gasteiger partial charge on any atom is -0.479 e. The Morgan fingerprint density at radius 1 is 1.50 bits per heavy atom. The molecule has 112 valence electrons. The average molecular weight is 385 g/mol. The predicted molar refractivity (Wildman–Crippen MR) is 80.6 cm³/mol. The van der Waals surface area contributed by atoms with Gasteiger partial charge in [0, 0.05) is 21.7 Å². The molecule has 0 aliphatic rings. The van der Waals surface area contributed by atoms with Gasteiger partial charge in [-0.15, -0.1) is 0 Å². The average Bonchev–Trinajstić information content (AvgIpc) is 2.36. The van der Waals surface area contributed by atoms with Crippen molar-refractivity contribution < 1.29 is 17.9 Å². The molecule has 8 heteroatoms. The van der Waals surface area contributed by atoms with Gasteiger partial charge in [0.2, 0.25) is 0 Å². The molecule has 1 amide bonds. The number of benzene rings is 1. The molecular formula is C12H15BrClNO4S. The molecule has 0 spiro atoms. The first kappa shape index (κ1) is 17.3. The quantitative estimate of drug-likeness (QED) is 0.765. The first-order valence-electron chi connectivity index (χ1n) is 5.94. The molecule has 1 aromatic carbocycles. The zero-order valence-electron chi connectivity index (χ0n) is 11.0. The van der Waals surface area contributed by atoms with E-state index in [1.165, 1.54) is 19.1 Å². The van der Waals surface area contributed by atoms with Gasteiger partial charge >= 0.3 is 0 Å². The third-order valence-corrected chi connectivity index (χ3v) is 4.23. The molecule has 0 radical (unpaired) electrons. The molecule has 1 rings (SSSR count). The Morgan fingerprint density at radius 3 is 2.70 bits per heavy atom. The van der Waals surface area contributed by atoms with Crippen LogP contribution < -0.4 is 10.1 Å². The monoisotopic (exact) mass is 383 g/mol. The van der Waals surface area contributed by atoms with Crippen LogP contribution in [-0.2, 0) is 13.8 Å². The highest BCUT2D eigenvalue weighted by Gasteiger charge is 2.21. The van der Waals surface area contributed by atoms with Crippen molar-refractivity contribution in [3.63, 3.8) is 0 Å². The highest BCUT2D eigenvalue weighted by molar-refractivity contribution is 9.10. The number of rotatable bonds is 6. The minimum atomic E-state index is -3.96. The second-order valence-electron chi connectivity index (χ2n) is 4.08. The summed E-state index contributed by atoms with van der Waals surface area (Å²) in [6.07, 6.45) is -0.0159. The van der Waals surface area contributed by atoms with Gasteiger partial charge in [-0.1, -0.05) is 22.9 Å². The van der Waals surface area contributed by atoms with Gasteiger partial charge in [0.05, 0.1) is 0 Å². The summed E-state index contributed by atoms with van der Waals surface area (Å²) in [5.74, 6) is -0.268. The molecule has 1 aromatic rings. The van der Waals surface area contributed by atoms with Gasteiger partial charge < -0.3 is 10.1 Å². The van der Waals surface area contributed by atoms with Crippen LogP contribution in [0.3, 0.4) is 0 Å². The van der Waals surface area contributed by atoms with E-state index in [4.69, 9.17) is 15.4 Å². The van der Waals surface area contributed by atoms with Gasteiger partial charge in [-0.3, -0.25) is 4.79 Å². The zero-order chi connectivity index (χ0) is 15.3. The van der Waals surface area contributed by atoms with Crippen molar-refractivity contribution in [2.45, 2.75) is 31.3 Å². The fourth-order valence-corrected chi connectivity index (χ4v) is 2.90. The maximum Gasteiger partial charge on any atom is 0.265 e. The molecule has 0 bridgehead atoms. The second-order valence-corrected chi connectivity index (χ2v) is 7.53. The van der Waals surface area contributed by atoms with E-state index in [1.54, 1.807) is 6.07 Å². The molecule has 1 atom stereocenters. The second kappa shape index (κ2) is 7.28. The molecule has 0 aliphatic heterocycles. The van der Waals surface area contributed by atoms with Crippen molar-refractivity contribution in [2.75, 3.05) is 6.54 Å². The Bertz CT molecular complexity index is 591. The van der Waals surface area contributed by atoms with Gasteiger partial charge in [0.15, 0.2) is 6.10 Å². The molecule has 0 heterocycles. The molecule has 1 N–H and O–H groups in total. The Labute approximate surface area is 131 Å². The minimum absolute atomic E-state index is 0.0438. The Kier molecular flexibility index (Phi) is 6.29. The molecule has 20 heavy (non-hydrogen) atoms. The number of carbonyl (C=O) groups excluding carboxylic acids is 1. The third-order valence-electron chi connectivity index (χ3n) is 2.39. The summed E-state index contributed by atoms with van der Waals surface area (Å²) in [7, 11) is 1.39. The Morgan fingerprint density at radius 2 is 2.15 bits per heavy atom. The van der Waals surface area contributed by atoms with E-state index in [2.05, 4.69) is 21.2 Å². The SMILES string of the molecule is CCCNC(=O)C(C)Oc1ccc(Br)cc1S(=O)(=O)Cl. The zero-order valence-corrected chi connectivity index (χ0v) is 14.2. The van der Waals surface area contributed by atoms with Crippen LogP contribution in [0.15, 0.2) is 27.6 Å². The van der Waals surface area contributed by atoms with E-state index in [9.17, 15) is 13.2 Å². The van der Waals surface area contributed by atoms with E-state index in [-0.39, 0.29) is 16.6 Å². The van der Waals surface area contributed by atoms with Gasteiger partial charge in [0.25, 0.3) is 15.0 Å². The number of hydrogen-bond acceptors (Lipinski definition) is 4. The number of carbonyl (C=O) groups is 1. The highest BCUT2D eigenvalue weighted by Crippen LogP contribution is 2.30. The summed E-state index contributed by atoms with van der Waals surface area (Å²) in [5.41, 5.74) is 0. The number of halogens is 2. The van der Waals surface area contributed by atoms with Crippen LogP contribution in [0.2, 0.25) is 0 Å². The van der Waals surface area contributed by atoms with Crippen LogP contribution in [-0.4, -0.2) is 27.0 Å². The summed E-state index contributed by atoms with van der Waals surface area (Å²) < 4.78 is 28.9. The van der Waals surface area contributed by atoms with E-state index in [0.717, 1.165) is 6.42 Å². The van der Waals surface area contributed by atoms with Crippen LogP contribution >= 0.6 is 26.6 Å². The molecule has 0 aromatic heterocycles. The molecule has 0 saturated carbocycles. The van der Waals surface area contributed by atoms with Crippen molar-refractivity contribution in [3.05, 3.63) is 22.7 Å². The summed E-state index contributed by atoms with van der Waals surface area (Å²) >= 11 is 3.16.